The van der Waals surface area contributed by atoms with Gasteiger partial charge in [-0.05, 0) is 56.8 Å². The molecule has 0 unspecified atom stereocenters. The Morgan fingerprint density at radius 1 is 1.22 bits per heavy atom. The molecule has 27 heavy (non-hydrogen) atoms. The van der Waals surface area contributed by atoms with Gasteiger partial charge in [0, 0.05) is 31.4 Å². The number of aromatic nitrogens is 2. The lowest BCUT2D eigenvalue weighted by atomic mass is 10.0. The standard InChI is InChI=1S/C21H28N4O2/c1-23(15-21(26)27)16-10-12-24(13-11-16)14-19-18-8-5-9-20(18)25(22-19)17-6-3-2-4-7-17/h2-4,6-7,16H,5,8-15H2,1H3,(H,26,27). The molecule has 2 aliphatic rings. The molecule has 4 rings (SSSR count). The molecule has 0 atom stereocenters. The van der Waals surface area contributed by atoms with E-state index in [0.717, 1.165) is 51.0 Å². The van der Waals surface area contributed by atoms with Gasteiger partial charge in [0.1, 0.15) is 0 Å². The van der Waals surface area contributed by atoms with Crippen LogP contribution in [0, 0.1) is 0 Å². The molecule has 1 aliphatic carbocycles. The Labute approximate surface area is 160 Å². The van der Waals surface area contributed by atoms with E-state index in [1.807, 2.05) is 18.0 Å². The molecule has 2 aromatic rings. The number of aliphatic carboxylic acids is 1. The number of hydrogen-bond donors (Lipinski definition) is 1. The number of hydrogen-bond acceptors (Lipinski definition) is 4. The molecule has 1 saturated heterocycles. The third kappa shape index (κ3) is 3.92. The van der Waals surface area contributed by atoms with Crippen molar-refractivity contribution in [1.82, 2.24) is 19.6 Å². The number of nitrogens with zero attached hydrogens (tertiary/aromatic N) is 4. The van der Waals surface area contributed by atoms with Crippen molar-refractivity contribution in [1.29, 1.82) is 0 Å². The van der Waals surface area contributed by atoms with E-state index in [1.54, 1.807) is 0 Å². The van der Waals surface area contributed by atoms with E-state index in [-0.39, 0.29) is 6.54 Å². The number of piperidine rings is 1. The number of benzene rings is 1. The average molecular weight is 368 g/mol. The van der Waals surface area contributed by atoms with Gasteiger partial charge in [0.25, 0.3) is 0 Å². The minimum absolute atomic E-state index is 0.125. The van der Waals surface area contributed by atoms with E-state index in [1.165, 1.54) is 23.4 Å². The zero-order valence-corrected chi connectivity index (χ0v) is 16.0. The van der Waals surface area contributed by atoms with Gasteiger partial charge in [0.15, 0.2) is 0 Å². The van der Waals surface area contributed by atoms with Crippen LogP contribution in [-0.4, -0.2) is 63.4 Å². The van der Waals surface area contributed by atoms with Gasteiger partial charge in [-0.25, -0.2) is 4.68 Å². The summed E-state index contributed by atoms with van der Waals surface area (Å²) in [6.45, 7) is 3.03. The number of carboxylic acid groups (broad SMARTS) is 1. The minimum Gasteiger partial charge on any atom is -0.480 e. The molecule has 1 aromatic heterocycles. The number of carboxylic acids is 1. The molecule has 0 amide bonds. The highest BCUT2D eigenvalue weighted by Crippen LogP contribution is 2.29. The summed E-state index contributed by atoms with van der Waals surface area (Å²) in [6.07, 6.45) is 5.50. The normalized spacial score (nSPS) is 18.1. The molecule has 144 valence electrons. The topological polar surface area (TPSA) is 61.6 Å². The Bertz CT molecular complexity index is 794. The molecule has 1 fully saturated rings. The molecule has 0 saturated carbocycles. The van der Waals surface area contributed by atoms with Crippen molar-refractivity contribution >= 4 is 5.97 Å². The molecule has 6 heteroatoms. The third-order valence-corrected chi connectivity index (χ3v) is 5.95. The van der Waals surface area contributed by atoms with E-state index in [9.17, 15) is 4.79 Å². The van der Waals surface area contributed by atoms with Crippen LogP contribution in [0.2, 0.25) is 0 Å². The molecule has 1 aromatic carbocycles. The van der Waals surface area contributed by atoms with Crippen LogP contribution >= 0.6 is 0 Å². The van der Waals surface area contributed by atoms with Crippen molar-refractivity contribution in [3.8, 4) is 5.69 Å². The molecular formula is C21H28N4O2. The Balaban J connectivity index is 1.43. The highest BCUT2D eigenvalue weighted by atomic mass is 16.4. The zero-order valence-electron chi connectivity index (χ0n) is 16.0. The summed E-state index contributed by atoms with van der Waals surface area (Å²) in [5, 5.41) is 14.0. The van der Waals surface area contributed by atoms with Crippen LogP contribution in [0.4, 0.5) is 0 Å². The lowest BCUT2D eigenvalue weighted by Gasteiger charge is -2.35. The van der Waals surface area contributed by atoms with Crippen molar-refractivity contribution in [3.63, 3.8) is 0 Å². The van der Waals surface area contributed by atoms with E-state index in [4.69, 9.17) is 10.2 Å². The van der Waals surface area contributed by atoms with Gasteiger partial charge in [-0.2, -0.15) is 5.10 Å². The van der Waals surface area contributed by atoms with Crippen LogP contribution in [0.3, 0.4) is 0 Å². The van der Waals surface area contributed by atoms with E-state index in [2.05, 4.69) is 33.8 Å². The van der Waals surface area contributed by atoms with E-state index >= 15 is 0 Å². The number of likely N-dealkylation sites (N-methyl/N-ethyl adjacent to an activating group) is 1. The van der Waals surface area contributed by atoms with Crippen molar-refractivity contribution in [2.24, 2.45) is 0 Å². The number of fused-ring (bicyclic) bond motifs is 1. The predicted molar refractivity (Wildman–Crippen MR) is 104 cm³/mol. The average Bonchev–Trinajstić information content (AvgIpc) is 3.26. The van der Waals surface area contributed by atoms with Crippen molar-refractivity contribution < 1.29 is 9.90 Å². The fourth-order valence-corrected chi connectivity index (χ4v) is 4.50. The van der Waals surface area contributed by atoms with Gasteiger partial charge < -0.3 is 5.11 Å². The summed E-state index contributed by atoms with van der Waals surface area (Å²) in [5.74, 6) is -0.748. The van der Waals surface area contributed by atoms with Crippen molar-refractivity contribution in [2.45, 2.75) is 44.7 Å². The van der Waals surface area contributed by atoms with Crippen LogP contribution in [0.15, 0.2) is 30.3 Å². The summed E-state index contributed by atoms with van der Waals surface area (Å²) >= 11 is 0. The fraction of sp³-hybridized carbons (Fsp3) is 0.524. The lowest BCUT2D eigenvalue weighted by Crippen LogP contribution is -2.44. The minimum atomic E-state index is -0.748. The predicted octanol–water partition coefficient (Wildman–Crippen LogP) is 2.34. The van der Waals surface area contributed by atoms with Crippen LogP contribution < -0.4 is 0 Å². The van der Waals surface area contributed by atoms with Crippen molar-refractivity contribution in [3.05, 3.63) is 47.3 Å². The summed E-state index contributed by atoms with van der Waals surface area (Å²) in [6, 6.07) is 10.8. The SMILES string of the molecule is CN(CC(=O)O)C1CCN(Cc2nn(-c3ccccc3)c3c2CCC3)CC1. The lowest BCUT2D eigenvalue weighted by molar-refractivity contribution is -0.138. The number of para-hydroxylation sites is 1. The summed E-state index contributed by atoms with van der Waals surface area (Å²) in [7, 11) is 1.92. The molecule has 0 bridgehead atoms. The number of carbonyl (C=O) groups is 1. The van der Waals surface area contributed by atoms with Gasteiger partial charge in [0.2, 0.25) is 0 Å². The molecule has 2 heterocycles. The fourth-order valence-electron chi connectivity index (χ4n) is 4.50. The zero-order chi connectivity index (χ0) is 18.8. The van der Waals surface area contributed by atoms with Crippen molar-refractivity contribution in [2.75, 3.05) is 26.7 Å². The van der Waals surface area contributed by atoms with Gasteiger partial charge in [-0.1, -0.05) is 18.2 Å². The van der Waals surface area contributed by atoms with E-state index in [0.29, 0.717) is 6.04 Å². The van der Waals surface area contributed by atoms with Crippen LogP contribution in [0.5, 0.6) is 0 Å². The summed E-state index contributed by atoms with van der Waals surface area (Å²) in [5.41, 5.74) is 5.20. The number of likely N-dealkylation sites (tertiary alicyclic amines) is 1. The molecule has 1 aliphatic heterocycles. The maximum absolute atomic E-state index is 10.9. The van der Waals surface area contributed by atoms with Crippen LogP contribution in [0.1, 0.15) is 36.2 Å². The first kappa shape index (κ1) is 18.2. The molecule has 0 spiro atoms. The first-order chi connectivity index (χ1) is 13.1. The number of rotatable bonds is 6. The Morgan fingerprint density at radius 2 is 1.96 bits per heavy atom. The van der Waals surface area contributed by atoms with E-state index < -0.39 is 5.97 Å². The smallest absolute Gasteiger partial charge is 0.317 e. The van der Waals surface area contributed by atoms with Crippen LogP contribution in [-0.2, 0) is 24.2 Å². The maximum atomic E-state index is 10.9. The van der Waals surface area contributed by atoms with Crippen LogP contribution in [0.25, 0.3) is 5.69 Å². The Hall–Kier alpha value is -2.18. The quantitative estimate of drug-likeness (QED) is 0.848. The maximum Gasteiger partial charge on any atom is 0.317 e. The summed E-state index contributed by atoms with van der Waals surface area (Å²) in [4.78, 5) is 15.4. The summed E-state index contributed by atoms with van der Waals surface area (Å²) < 4.78 is 2.14. The second kappa shape index (κ2) is 7.82. The highest BCUT2D eigenvalue weighted by molar-refractivity contribution is 5.69. The van der Waals surface area contributed by atoms with Gasteiger partial charge >= 0.3 is 5.97 Å². The largest absolute Gasteiger partial charge is 0.480 e. The Kier molecular flexibility index (Phi) is 5.27. The third-order valence-electron chi connectivity index (χ3n) is 5.95. The monoisotopic (exact) mass is 368 g/mol. The van der Waals surface area contributed by atoms with Gasteiger partial charge in [-0.3, -0.25) is 14.6 Å². The Morgan fingerprint density at radius 3 is 2.67 bits per heavy atom. The first-order valence-electron chi connectivity index (χ1n) is 9.91. The van der Waals surface area contributed by atoms with Gasteiger partial charge in [-0.15, -0.1) is 0 Å². The molecule has 1 N–H and O–H groups in total. The highest BCUT2D eigenvalue weighted by Gasteiger charge is 2.27. The molecule has 0 radical (unpaired) electrons. The van der Waals surface area contributed by atoms with Gasteiger partial charge in [0.05, 0.1) is 17.9 Å². The molecular weight excluding hydrogens is 340 g/mol. The molecule has 6 nitrogen and oxygen atoms in total. The first-order valence-corrected chi connectivity index (χ1v) is 9.91. The second-order valence-electron chi connectivity index (χ2n) is 7.79. The second-order valence-corrected chi connectivity index (χ2v) is 7.79.